The molecule has 0 fully saturated rings. The molecule has 0 heterocycles. The van der Waals surface area contributed by atoms with Gasteiger partial charge in [0.15, 0.2) is 0 Å². The van der Waals surface area contributed by atoms with Gasteiger partial charge in [0.25, 0.3) is 0 Å². The van der Waals surface area contributed by atoms with Gasteiger partial charge in [0, 0.05) is 6.42 Å². The van der Waals surface area contributed by atoms with Crippen molar-refractivity contribution < 1.29 is 15.0 Å². The highest BCUT2D eigenvalue weighted by atomic mass is 16.4. The zero-order chi connectivity index (χ0) is 19.7. The van der Waals surface area contributed by atoms with E-state index in [0.717, 1.165) is 31.2 Å². The predicted octanol–water partition coefficient (Wildman–Crippen LogP) is 6.16. The van der Waals surface area contributed by atoms with Crippen LogP contribution in [0, 0.1) is 0 Å². The topological polar surface area (TPSA) is 57.5 Å². The van der Waals surface area contributed by atoms with E-state index in [-0.39, 0.29) is 12.5 Å². The molecule has 3 heteroatoms. The van der Waals surface area contributed by atoms with Gasteiger partial charge in [-0.1, -0.05) is 94.0 Å². The molecular weight excluding hydrogens is 336 g/mol. The molecule has 150 valence electrons. The zero-order valence-corrected chi connectivity index (χ0v) is 16.8. The highest BCUT2D eigenvalue weighted by Gasteiger charge is 2.01. The SMILES string of the molecule is CCCCCCCCC(O)/C=C/C=C/c1ccccc1CCCCC(=O)O. The summed E-state index contributed by atoms with van der Waals surface area (Å²) in [6.07, 6.45) is 18.4. The molecular formula is C24H36O3. The third-order valence-electron chi connectivity index (χ3n) is 4.72. The molecule has 0 aromatic heterocycles. The summed E-state index contributed by atoms with van der Waals surface area (Å²) in [5.41, 5.74) is 2.39. The maximum atomic E-state index is 10.6. The molecule has 0 spiro atoms. The van der Waals surface area contributed by atoms with Crippen LogP contribution in [-0.4, -0.2) is 22.3 Å². The summed E-state index contributed by atoms with van der Waals surface area (Å²) in [7, 11) is 0. The van der Waals surface area contributed by atoms with Crippen molar-refractivity contribution in [3.63, 3.8) is 0 Å². The van der Waals surface area contributed by atoms with Crippen molar-refractivity contribution in [1.82, 2.24) is 0 Å². The van der Waals surface area contributed by atoms with Gasteiger partial charge < -0.3 is 10.2 Å². The average molecular weight is 373 g/mol. The molecule has 1 aromatic rings. The van der Waals surface area contributed by atoms with E-state index in [1.165, 1.54) is 37.7 Å². The monoisotopic (exact) mass is 372 g/mol. The van der Waals surface area contributed by atoms with E-state index < -0.39 is 5.97 Å². The third-order valence-corrected chi connectivity index (χ3v) is 4.72. The van der Waals surface area contributed by atoms with E-state index >= 15 is 0 Å². The molecule has 0 aliphatic rings. The summed E-state index contributed by atoms with van der Waals surface area (Å²) < 4.78 is 0. The first-order valence-electron chi connectivity index (χ1n) is 10.5. The van der Waals surface area contributed by atoms with Gasteiger partial charge in [0.05, 0.1) is 6.10 Å². The molecule has 0 saturated heterocycles. The number of hydrogen-bond donors (Lipinski definition) is 2. The average Bonchev–Trinajstić information content (AvgIpc) is 2.66. The fourth-order valence-corrected chi connectivity index (χ4v) is 3.10. The first kappa shape index (κ1) is 23.2. The number of carboxylic acid groups (broad SMARTS) is 1. The van der Waals surface area contributed by atoms with Crippen molar-refractivity contribution in [2.75, 3.05) is 0 Å². The standard InChI is InChI=1S/C24H36O3/c1-2-3-4-5-6-7-18-23(25)19-12-10-16-21-14-8-9-15-22(21)17-11-13-20-24(26)27/h8-10,12,14-16,19,23,25H,2-7,11,13,17-18,20H2,1H3,(H,26,27)/b16-10+,19-12+. The Kier molecular flexibility index (Phi) is 13.1. The predicted molar refractivity (Wildman–Crippen MR) is 114 cm³/mol. The second-order valence-electron chi connectivity index (χ2n) is 7.17. The minimum absolute atomic E-state index is 0.233. The molecule has 0 aliphatic heterocycles. The highest BCUT2D eigenvalue weighted by Crippen LogP contribution is 2.15. The Bertz CT molecular complexity index is 575. The molecule has 1 atom stereocenters. The summed E-state index contributed by atoms with van der Waals surface area (Å²) in [5.74, 6) is -0.729. The van der Waals surface area contributed by atoms with Crippen LogP contribution in [0.1, 0.15) is 82.3 Å². The summed E-state index contributed by atoms with van der Waals surface area (Å²) in [4.78, 5) is 10.6. The maximum absolute atomic E-state index is 10.6. The van der Waals surface area contributed by atoms with Crippen LogP contribution in [0.4, 0.5) is 0 Å². The largest absolute Gasteiger partial charge is 0.481 e. The van der Waals surface area contributed by atoms with Crippen LogP contribution < -0.4 is 0 Å². The second-order valence-corrected chi connectivity index (χ2v) is 7.17. The molecule has 0 aliphatic carbocycles. The Morgan fingerprint density at radius 1 is 1.00 bits per heavy atom. The number of carbonyl (C=O) groups is 1. The number of carboxylic acids is 1. The van der Waals surface area contributed by atoms with Crippen LogP contribution in [-0.2, 0) is 11.2 Å². The number of benzene rings is 1. The zero-order valence-electron chi connectivity index (χ0n) is 16.8. The lowest BCUT2D eigenvalue weighted by molar-refractivity contribution is -0.137. The lowest BCUT2D eigenvalue weighted by Crippen LogP contribution is -2.01. The fraction of sp³-hybridized carbons (Fsp3) is 0.542. The fourth-order valence-electron chi connectivity index (χ4n) is 3.10. The minimum atomic E-state index is -0.729. The minimum Gasteiger partial charge on any atom is -0.481 e. The number of aliphatic hydroxyl groups excluding tert-OH is 1. The Morgan fingerprint density at radius 3 is 2.52 bits per heavy atom. The molecule has 1 rings (SSSR count). The third kappa shape index (κ3) is 12.2. The number of aliphatic hydroxyl groups is 1. The molecule has 0 amide bonds. The van der Waals surface area contributed by atoms with E-state index in [2.05, 4.69) is 25.1 Å². The summed E-state index contributed by atoms with van der Waals surface area (Å²) in [5, 5.41) is 18.7. The Morgan fingerprint density at radius 2 is 1.74 bits per heavy atom. The molecule has 0 bridgehead atoms. The van der Waals surface area contributed by atoms with Crippen LogP contribution in [0.5, 0.6) is 0 Å². The first-order valence-corrected chi connectivity index (χ1v) is 10.5. The lowest BCUT2D eigenvalue weighted by atomic mass is 10.0. The number of rotatable bonds is 15. The highest BCUT2D eigenvalue weighted by molar-refractivity contribution is 5.66. The van der Waals surface area contributed by atoms with E-state index in [1.807, 2.05) is 30.4 Å². The van der Waals surface area contributed by atoms with Crippen molar-refractivity contribution in [3.05, 3.63) is 53.6 Å². The van der Waals surface area contributed by atoms with Crippen molar-refractivity contribution >= 4 is 12.0 Å². The second kappa shape index (κ2) is 15.2. The Hall–Kier alpha value is -1.87. The summed E-state index contributed by atoms with van der Waals surface area (Å²) in [6.45, 7) is 2.22. The van der Waals surface area contributed by atoms with E-state index in [4.69, 9.17) is 5.11 Å². The Balaban J connectivity index is 2.34. The van der Waals surface area contributed by atoms with Crippen LogP contribution in [0.15, 0.2) is 42.5 Å². The van der Waals surface area contributed by atoms with E-state index in [9.17, 15) is 9.90 Å². The van der Waals surface area contributed by atoms with Crippen molar-refractivity contribution in [2.24, 2.45) is 0 Å². The van der Waals surface area contributed by atoms with Crippen molar-refractivity contribution in [1.29, 1.82) is 0 Å². The van der Waals surface area contributed by atoms with E-state index in [1.54, 1.807) is 0 Å². The van der Waals surface area contributed by atoms with Crippen LogP contribution in [0.3, 0.4) is 0 Å². The van der Waals surface area contributed by atoms with Gasteiger partial charge in [-0.25, -0.2) is 0 Å². The number of aryl methyl sites for hydroxylation is 1. The van der Waals surface area contributed by atoms with Gasteiger partial charge in [-0.15, -0.1) is 0 Å². The lowest BCUT2D eigenvalue weighted by Gasteiger charge is -2.06. The van der Waals surface area contributed by atoms with Crippen LogP contribution >= 0.6 is 0 Å². The number of aliphatic carboxylic acids is 1. The van der Waals surface area contributed by atoms with Gasteiger partial charge in [-0.2, -0.15) is 0 Å². The molecule has 0 saturated carbocycles. The number of allylic oxidation sites excluding steroid dienone is 2. The normalized spacial score (nSPS) is 12.8. The quantitative estimate of drug-likeness (QED) is 0.286. The molecule has 3 nitrogen and oxygen atoms in total. The molecule has 27 heavy (non-hydrogen) atoms. The van der Waals surface area contributed by atoms with Gasteiger partial charge in [0.2, 0.25) is 0 Å². The van der Waals surface area contributed by atoms with Crippen LogP contribution in [0.25, 0.3) is 6.08 Å². The molecule has 2 N–H and O–H groups in total. The maximum Gasteiger partial charge on any atom is 0.303 e. The van der Waals surface area contributed by atoms with Crippen molar-refractivity contribution in [3.8, 4) is 0 Å². The molecule has 0 radical (unpaired) electrons. The summed E-state index contributed by atoms with van der Waals surface area (Å²) >= 11 is 0. The van der Waals surface area contributed by atoms with Crippen LogP contribution in [0.2, 0.25) is 0 Å². The molecule has 1 aromatic carbocycles. The smallest absolute Gasteiger partial charge is 0.303 e. The van der Waals surface area contributed by atoms with Crippen molar-refractivity contribution in [2.45, 2.75) is 83.7 Å². The van der Waals surface area contributed by atoms with Gasteiger partial charge in [0.1, 0.15) is 0 Å². The summed E-state index contributed by atoms with van der Waals surface area (Å²) in [6, 6.07) is 8.20. The van der Waals surface area contributed by atoms with Gasteiger partial charge in [-0.05, 0) is 36.8 Å². The van der Waals surface area contributed by atoms with E-state index in [0.29, 0.717) is 6.42 Å². The molecule has 1 unspecified atom stereocenters. The van der Waals surface area contributed by atoms with Gasteiger partial charge in [-0.3, -0.25) is 4.79 Å². The number of hydrogen-bond acceptors (Lipinski definition) is 2. The van der Waals surface area contributed by atoms with Gasteiger partial charge >= 0.3 is 5.97 Å². The number of unbranched alkanes of at least 4 members (excludes halogenated alkanes) is 6. The Labute approximate surface area is 164 Å². The first-order chi connectivity index (χ1) is 13.1.